The topological polar surface area (TPSA) is 62.7 Å². The number of nitrogens with zero attached hydrogens (tertiary/aromatic N) is 2. The third kappa shape index (κ3) is 3.06. The number of nitrogens with one attached hydrogen (secondary N) is 2. The SMILES string of the molecule is CC(C)(C)c1cn2c(n1)CCC(NC(=O)c1ccc3cc[nH]c3c1)C2. The summed E-state index contributed by atoms with van der Waals surface area (Å²) < 4.78 is 2.20. The van der Waals surface area contributed by atoms with Gasteiger partial charge in [-0.2, -0.15) is 0 Å². The molecule has 3 heterocycles. The van der Waals surface area contributed by atoms with E-state index in [1.165, 1.54) is 0 Å². The van der Waals surface area contributed by atoms with Crippen molar-refractivity contribution in [1.29, 1.82) is 0 Å². The molecule has 1 aliphatic heterocycles. The van der Waals surface area contributed by atoms with Crippen LogP contribution in [-0.4, -0.2) is 26.5 Å². The van der Waals surface area contributed by atoms with Crippen molar-refractivity contribution < 1.29 is 4.79 Å². The van der Waals surface area contributed by atoms with Gasteiger partial charge in [-0.1, -0.05) is 26.8 Å². The molecule has 5 nitrogen and oxygen atoms in total. The fourth-order valence-corrected chi connectivity index (χ4v) is 3.38. The van der Waals surface area contributed by atoms with Gasteiger partial charge in [-0.05, 0) is 30.0 Å². The Kier molecular flexibility index (Phi) is 3.67. The van der Waals surface area contributed by atoms with E-state index in [1.54, 1.807) is 0 Å². The number of rotatable bonds is 2. The van der Waals surface area contributed by atoms with Gasteiger partial charge in [-0.3, -0.25) is 4.79 Å². The maximum Gasteiger partial charge on any atom is 0.251 e. The summed E-state index contributed by atoms with van der Waals surface area (Å²) >= 11 is 0. The first kappa shape index (κ1) is 15.9. The predicted octanol–water partition coefficient (Wildman–Crippen LogP) is 3.41. The van der Waals surface area contributed by atoms with Crippen molar-refractivity contribution >= 4 is 16.8 Å². The van der Waals surface area contributed by atoms with Crippen molar-refractivity contribution in [3.63, 3.8) is 0 Å². The Bertz CT molecular complexity index is 929. The van der Waals surface area contributed by atoms with Gasteiger partial charge in [-0.15, -0.1) is 0 Å². The van der Waals surface area contributed by atoms with Crippen molar-refractivity contribution in [2.75, 3.05) is 0 Å². The summed E-state index contributed by atoms with van der Waals surface area (Å²) in [7, 11) is 0. The molecule has 0 bridgehead atoms. The molecular formula is C20H24N4O. The summed E-state index contributed by atoms with van der Waals surface area (Å²) in [6.07, 6.45) is 5.85. The van der Waals surface area contributed by atoms with Crippen LogP contribution in [0.4, 0.5) is 0 Å². The number of imidazole rings is 1. The lowest BCUT2D eigenvalue weighted by Gasteiger charge is -2.24. The predicted molar refractivity (Wildman–Crippen MR) is 98.8 cm³/mol. The highest BCUT2D eigenvalue weighted by molar-refractivity contribution is 5.98. The summed E-state index contributed by atoms with van der Waals surface area (Å²) in [6, 6.07) is 7.92. The average Bonchev–Trinajstić information content (AvgIpc) is 3.19. The second-order valence-corrected chi connectivity index (χ2v) is 7.93. The van der Waals surface area contributed by atoms with Crippen molar-refractivity contribution in [2.24, 2.45) is 0 Å². The number of carbonyl (C=O) groups excluding carboxylic acids is 1. The average molecular weight is 336 g/mol. The molecule has 130 valence electrons. The van der Waals surface area contributed by atoms with E-state index >= 15 is 0 Å². The van der Waals surface area contributed by atoms with Crippen LogP contribution >= 0.6 is 0 Å². The lowest BCUT2D eigenvalue weighted by atomic mass is 9.93. The van der Waals surface area contributed by atoms with E-state index < -0.39 is 0 Å². The van der Waals surface area contributed by atoms with Gasteiger partial charge >= 0.3 is 0 Å². The molecule has 2 N–H and O–H groups in total. The number of amides is 1. The number of aromatic nitrogens is 3. The highest BCUT2D eigenvalue weighted by atomic mass is 16.1. The first-order valence-corrected chi connectivity index (χ1v) is 8.85. The van der Waals surface area contributed by atoms with E-state index in [0.29, 0.717) is 5.56 Å². The zero-order valence-corrected chi connectivity index (χ0v) is 15.0. The van der Waals surface area contributed by atoms with Crippen LogP contribution in [0.2, 0.25) is 0 Å². The number of aromatic amines is 1. The molecule has 2 aromatic heterocycles. The fraction of sp³-hybridized carbons (Fsp3) is 0.400. The Morgan fingerprint density at radius 1 is 1.32 bits per heavy atom. The largest absolute Gasteiger partial charge is 0.361 e. The van der Waals surface area contributed by atoms with Crippen LogP contribution in [0.15, 0.2) is 36.7 Å². The fourth-order valence-electron chi connectivity index (χ4n) is 3.38. The Morgan fingerprint density at radius 2 is 2.16 bits per heavy atom. The van der Waals surface area contributed by atoms with Crippen LogP contribution < -0.4 is 5.32 Å². The highest BCUT2D eigenvalue weighted by Gasteiger charge is 2.25. The standard InChI is InChI=1S/C20H24N4O/c1-20(2,3)17-12-24-11-15(6-7-18(24)23-17)22-19(25)14-5-4-13-8-9-21-16(13)10-14/h4-5,8-10,12,15,21H,6-7,11H2,1-3H3,(H,22,25). The van der Waals surface area contributed by atoms with Gasteiger partial charge in [0.1, 0.15) is 5.82 Å². The number of benzene rings is 1. The number of hydrogen-bond donors (Lipinski definition) is 2. The van der Waals surface area contributed by atoms with E-state index in [1.807, 2.05) is 30.5 Å². The molecule has 1 unspecified atom stereocenters. The molecule has 3 aromatic rings. The molecule has 0 spiro atoms. The molecule has 0 saturated carbocycles. The smallest absolute Gasteiger partial charge is 0.251 e. The third-order valence-corrected chi connectivity index (χ3v) is 4.91. The Labute approximate surface area is 147 Å². The molecule has 0 radical (unpaired) electrons. The quantitative estimate of drug-likeness (QED) is 0.753. The minimum Gasteiger partial charge on any atom is -0.361 e. The number of H-pyrrole nitrogens is 1. The molecular weight excluding hydrogens is 312 g/mol. The van der Waals surface area contributed by atoms with E-state index in [-0.39, 0.29) is 17.4 Å². The molecule has 0 aliphatic carbocycles. The lowest BCUT2D eigenvalue weighted by molar-refractivity contribution is 0.0927. The molecule has 1 aliphatic rings. The summed E-state index contributed by atoms with van der Waals surface area (Å²) in [5, 5.41) is 4.30. The minimum atomic E-state index is -0.0129. The molecule has 1 atom stereocenters. The van der Waals surface area contributed by atoms with E-state index in [9.17, 15) is 4.79 Å². The Hall–Kier alpha value is -2.56. The number of fused-ring (bicyclic) bond motifs is 2. The highest BCUT2D eigenvalue weighted by Crippen LogP contribution is 2.24. The normalized spacial score (nSPS) is 17.5. The molecule has 0 saturated heterocycles. The van der Waals surface area contributed by atoms with E-state index in [0.717, 1.165) is 41.8 Å². The van der Waals surface area contributed by atoms with Crippen molar-refractivity contribution in [2.45, 2.75) is 51.6 Å². The Morgan fingerprint density at radius 3 is 2.96 bits per heavy atom. The molecule has 0 fully saturated rings. The van der Waals surface area contributed by atoms with Crippen LogP contribution in [0.3, 0.4) is 0 Å². The van der Waals surface area contributed by atoms with E-state index in [2.05, 4.69) is 41.8 Å². The summed E-state index contributed by atoms with van der Waals surface area (Å²) in [5.41, 5.74) is 2.85. The van der Waals surface area contributed by atoms with Crippen LogP contribution in [0.25, 0.3) is 10.9 Å². The first-order chi connectivity index (χ1) is 11.9. The second-order valence-electron chi connectivity index (χ2n) is 7.93. The molecule has 25 heavy (non-hydrogen) atoms. The van der Waals surface area contributed by atoms with Gasteiger partial charge in [-0.25, -0.2) is 4.98 Å². The van der Waals surface area contributed by atoms with Crippen LogP contribution in [0.1, 0.15) is 49.1 Å². The van der Waals surface area contributed by atoms with E-state index in [4.69, 9.17) is 4.98 Å². The second kappa shape index (κ2) is 5.76. The minimum absolute atomic E-state index is 0.0129. The van der Waals surface area contributed by atoms with Gasteiger partial charge in [0.25, 0.3) is 5.91 Å². The van der Waals surface area contributed by atoms with Gasteiger partial charge in [0.05, 0.1) is 5.69 Å². The number of aryl methyl sites for hydroxylation is 1. The monoisotopic (exact) mass is 336 g/mol. The van der Waals surface area contributed by atoms with Gasteiger partial charge in [0, 0.05) is 47.9 Å². The first-order valence-electron chi connectivity index (χ1n) is 8.85. The van der Waals surface area contributed by atoms with Crippen LogP contribution in [-0.2, 0) is 18.4 Å². The molecule has 4 rings (SSSR count). The Balaban J connectivity index is 1.48. The van der Waals surface area contributed by atoms with Gasteiger partial charge < -0.3 is 14.9 Å². The van der Waals surface area contributed by atoms with Crippen LogP contribution in [0, 0.1) is 0 Å². The van der Waals surface area contributed by atoms with Gasteiger partial charge in [0.2, 0.25) is 0 Å². The van der Waals surface area contributed by atoms with Crippen molar-refractivity contribution in [1.82, 2.24) is 19.9 Å². The van der Waals surface area contributed by atoms with Gasteiger partial charge in [0.15, 0.2) is 0 Å². The maximum atomic E-state index is 12.6. The zero-order chi connectivity index (χ0) is 17.6. The van der Waals surface area contributed by atoms with Crippen molar-refractivity contribution in [3.05, 3.63) is 53.7 Å². The zero-order valence-electron chi connectivity index (χ0n) is 15.0. The summed E-state index contributed by atoms with van der Waals surface area (Å²) in [5.74, 6) is 1.12. The maximum absolute atomic E-state index is 12.6. The number of hydrogen-bond acceptors (Lipinski definition) is 2. The summed E-state index contributed by atoms with van der Waals surface area (Å²) in [6.45, 7) is 7.32. The lowest BCUT2D eigenvalue weighted by Crippen LogP contribution is -2.40. The third-order valence-electron chi connectivity index (χ3n) is 4.91. The molecule has 5 heteroatoms. The van der Waals surface area contributed by atoms with Crippen molar-refractivity contribution in [3.8, 4) is 0 Å². The molecule has 1 aromatic carbocycles. The van der Waals surface area contributed by atoms with Crippen LogP contribution in [0.5, 0.6) is 0 Å². The summed E-state index contributed by atoms with van der Waals surface area (Å²) in [4.78, 5) is 20.5. The number of carbonyl (C=O) groups is 1. The molecule has 1 amide bonds.